The normalized spacial score (nSPS) is 24.2. The Bertz CT molecular complexity index is 132. The predicted octanol–water partition coefficient (Wildman–Crippen LogP) is 0.157. The van der Waals surface area contributed by atoms with Crippen molar-refractivity contribution in [3.63, 3.8) is 0 Å². The van der Waals surface area contributed by atoms with Crippen molar-refractivity contribution in [2.45, 2.75) is 6.42 Å². The number of hydrogen-bond donors (Lipinski definition) is 2. The first kappa shape index (κ1) is 10.3. The summed E-state index contributed by atoms with van der Waals surface area (Å²) in [5, 5.41) is 4.09. The maximum atomic E-state index is 3.49. The molecule has 1 rings (SSSR count). The van der Waals surface area contributed by atoms with Crippen molar-refractivity contribution in [2.75, 3.05) is 39.7 Å². The van der Waals surface area contributed by atoms with Gasteiger partial charge in [-0.1, -0.05) is 0 Å². The highest BCUT2D eigenvalue weighted by Crippen LogP contribution is 2.49. The molecule has 0 bridgehead atoms. The summed E-state index contributed by atoms with van der Waals surface area (Å²) >= 11 is 0. The van der Waals surface area contributed by atoms with Gasteiger partial charge < -0.3 is 0 Å². The molecule has 0 aliphatic carbocycles. The standard InChI is InChI=1S/C7H20N4S/c1-10(2)8-12(6-5-7-12)9-11(3)4/h8-9H,5-7H2,1-4H3. The Morgan fingerprint density at radius 2 is 1.33 bits per heavy atom. The van der Waals surface area contributed by atoms with Gasteiger partial charge in [-0.15, -0.1) is 10.4 Å². The van der Waals surface area contributed by atoms with Crippen LogP contribution in [0.25, 0.3) is 0 Å². The Balaban J connectivity index is 2.39. The fraction of sp³-hybridized carbons (Fsp3) is 1.00. The summed E-state index contributed by atoms with van der Waals surface area (Å²) in [6.45, 7) is 0. The molecule has 0 aromatic heterocycles. The Morgan fingerprint density at radius 3 is 1.50 bits per heavy atom. The van der Waals surface area contributed by atoms with E-state index in [1.807, 2.05) is 38.2 Å². The second-order valence-electron chi connectivity index (χ2n) is 3.62. The second kappa shape index (κ2) is 3.93. The molecule has 1 saturated heterocycles. The number of hydrogen-bond acceptors (Lipinski definition) is 4. The quantitative estimate of drug-likeness (QED) is 0.621. The summed E-state index contributed by atoms with van der Waals surface area (Å²) in [4.78, 5) is 6.98. The monoisotopic (exact) mass is 192 g/mol. The first-order valence-electron chi connectivity index (χ1n) is 4.22. The molecule has 0 unspecified atom stereocenters. The second-order valence-corrected chi connectivity index (χ2v) is 6.57. The molecule has 1 aliphatic rings. The zero-order chi connectivity index (χ0) is 9.19. The highest BCUT2D eigenvalue weighted by atomic mass is 32.3. The van der Waals surface area contributed by atoms with Gasteiger partial charge in [-0.05, 0) is 6.42 Å². The molecule has 0 aromatic rings. The molecule has 0 amide bonds. The number of nitrogens with one attached hydrogen (secondary N) is 2. The minimum absolute atomic E-state index is 0.743. The molecular weight excluding hydrogens is 172 g/mol. The molecule has 0 atom stereocenters. The summed E-state index contributed by atoms with van der Waals surface area (Å²) in [6.07, 6.45) is 1.34. The molecule has 0 aromatic carbocycles. The van der Waals surface area contributed by atoms with Crippen molar-refractivity contribution in [3.8, 4) is 0 Å². The van der Waals surface area contributed by atoms with E-state index < -0.39 is 10.4 Å². The molecule has 12 heavy (non-hydrogen) atoms. The maximum absolute atomic E-state index is 3.49. The average Bonchev–Trinajstić information content (AvgIpc) is 1.80. The summed E-state index contributed by atoms with van der Waals surface area (Å²) in [7, 11) is 7.44. The van der Waals surface area contributed by atoms with Gasteiger partial charge in [0, 0.05) is 39.7 Å². The third kappa shape index (κ3) is 2.60. The van der Waals surface area contributed by atoms with Crippen LogP contribution in [0, 0.1) is 0 Å². The summed E-state index contributed by atoms with van der Waals surface area (Å²) < 4.78 is 0. The lowest BCUT2D eigenvalue weighted by Crippen LogP contribution is -2.52. The zero-order valence-corrected chi connectivity index (χ0v) is 9.24. The van der Waals surface area contributed by atoms with Gasteiger partial charge in [0.2, 0.25) is 0 Å². The van der Waals surface area contributed by atoms with Crippen LogP contribution in [-0.2, 0) is 0 Å². The number of hydrazine groups is 2. The Hall–Kier alpha value is 0.190. The van der Waals surface area contributed by atoms with Crippen LogP contribution < -0.4 is 9.66 Å². The predicted molar refractivity (Wildman–Crippen MR) is 55.6 cm³/mol. The fourth-order valence-corrected chi connectivity index (χ4v) is 4.00. The fourth-order valence-electron chi connectivity index (χ4n) is 1.33. The van der Waals surface area contributed by atoms with Gasteiger partial charge in [-0.3, -0.25) is 0 Å². The van der Waals surface area contributed by atoms with Crippen LogP contribution >= 0.6 is 10.4 Å². The van der Waals surface area contributed by atoms with E-state index in [0.29, 0.717) is 0 Å². The smallest absolute Gasteiger partial charge is 0.00451 e. The van der Waals surface area contributed by atoms with E-state index in [0.717, 1.165) is 0 Å². The molecule has 4 nitrogen and oxygen atoms in total. The highest BCUT2D eigenvalue weighted by molar-refractivity contribution is 8.31. The largest absolute Gasteiger partial charge is 0.241 e. The highest BCUT2D eigenvalue weighted by Gasteiger charge is 2.32. The molecule has 1 fully saturated rings. The maximum Gasteiger partial charge on any atom is 0.00451 e. The molecule has 2 N–H and O–H groups in total. The van der Waals surface area contributed by atoms with Crippen molar-refractivity contribution in [1.29, 1.82) is 0 Å². The van der Waals surface area contributed by atoms with Gasteiger partial charge in [0.15, 0.2) is 0 Å². The van der Waals surface area contributed by atoms with Crippen LogP contribution in [-0.4, -0.2) is 49.7 Å². The van der Waals surface area contributed by atoms with Gasteiger partial charge in [0.25, 0.3) is 0 Å². The molecule has 74 valence electrons. The molecule has 1 heterocycles. The van der Waals surface area contributed by atoms with Crippen molar-refractivity contribution in [3.05, 3.63) is 0 Å². The Kier molecular flexibility index (Phi) is 3.37. The van der Waals surface area contributed by atoms with Crippen molar-refractivity contribution >= 4 is 10.4 Å². The molecule has 0 spiro atoms. The minimum Gasteiger partial charge on any atom is -0.241 e. The van der Waals surface area contributed by atoms with Gasteiger partial charge in [0.1, 0.15) is 0 Å². The zero-order valence-electron chi connectivity index (χ0n) is 8.42. The minimum atomic E-state index is -0.743. The first-order valence-corrected chi connectivity index (χ1v) is 6.19. The van der Waals surface area contributed by atoms with E-state index in [-0.39, 0.29) is 0 Å². The third-order valence-electron chi connectivity index (χ3n) is 1.70. The summed E-state index contributed by atoms with van der Waals surface area (Å²) in [5.41, 5.74) is 0. The SMILES string of the molecule is CN(C)NS1(NN(C)C)CCC1. The first-order chi connectivity index (χ1) is 5.54. The lowest BCUT2D eigenvalue weighted by molar-refractivity contribution is 0.342. The summed E-state index contributed by atoms with van der Waals surface area (Å²) in [5.74, 6) is 2.56. The molecule has 0 radical (unpaired) electrons. The molecule has 5 heteroatoms. The Morgan fingerprint density at radius 1 is 0.917 bits per heavy atom. The number of nitrogens with zero attached hydrogens (tertiary/aromatic N) is 2. The topological polar surface area (TPSA) is 30.5 Å². The number of rotatable bonds is 4. The van der Waals surface area contributed by atoms with Gasteiger partial charge in [-0.25, -0.2) is 19.7 Å². The van der Waals surface area contributed by atoms with E-state index in [1.54, 1.807) is 0 Å². The van der Waals surface area contributed by atoms with Crippen molar-refractivity contribution < 1.29 is 0 Å². The van der Waals surface area contributed by atoms with Crippen LogP contribution in [0.3, 0.4) is 0 Å². The van der Waals surface area contributed by atoms with Gasteiger partial charge >= 0.3 is 0 Å². The van der Waals surface area contributed by atoms with E-state index >= 15 is 0 Å². The van der Waals surface area contributed by atoms with E-state index in [2.05, 4.69) is 9.66 Å². The Labute approximate surface area is 76.8 Å². The van der Waals surface area contributed by atoms with E-state index in [1.165, 1.54) is 17.9 Å². The molecule has 1 aliphatic heterocycles. The van der Waals surface area contributed by atoms with Crippen LogP contribution in [0.5, 0.6) is 0 Å². The van der Waals surface area contributed by atoms with Crippen LogP contribution in [0.15, 0.2) is 0 Å². The van der Waals surface area contributed by atoms with Crippen molar-refractivity contribution in [2.24, 2.45) is 0 Å². The van der Waals surface area contributed by atoms with Crippen LogP contribution in [0.2, 0.25) is 0 Å². The van der Waals surface area contributed by atoms with Gasteiger partial charge in [0.05, 0.1) is 0 Å². The lowest BCUT2D eigenvalue weighted by Gasteiger charge is -2.51. The molecular formula is C7H20N4S. The van der Waals surface area contributed by atoms with E-state index in [4.69, 9.17) is 0 Å². The van der Waals surface area contributed by atoms with Gasteiger partial charge in [-0.2, -0.15) is 0 Å². The van der Waals surface area contributed by atoms with Crippen LogP contribution in [0.1, 0.15) is 6.42 Å². The van der Waals surface area contributed by atoms with E-state index in [9.17, 15) is 0 Å². The van der Waals surface area contributed by atoms with Crippen molar-refractivity contribution in [1.82, 2.24) is 19.7 Å². The third-order valence-corrected chi connectivity index (χ3v) is 5.10. The molecule has 0 saturated carbocycles. The summed E-state index contributed by atoms with van der Waals surface area (Å²) in [6, 6.07) is 0. The van der Waals surface area contributed by atoms with Crippen LogP contribution in [0.4, 0.5) is 0 Å². The average molecular weight is 192 g/mol. The lowest BCUT2D eigenvalue weighted by atomic mass is 10.5.